The minimum atomic E-state index is -1.38. The maximum Gasteiger partial charge on any atom is 0.381 e. The summed E-state index contributed by atoms with van der Waals surface area (Å²) >= 11 is 0. The zero-order valence-electron chi connectivity index (χ0n) is 10.5. The van der Waals surface area contributed by atoms with E-state index in [9.17, 15) is 4.57 Å². The summed E-state index contributed by atoms with van der Waals surface area (Å²) in [6, 6.07) is 24.1. The highest BCUT2D eigenvalue weighted by atomic mass is 31.1. The van der Waals surface area contributed by atoms with Crippen molar-refractivity contribution in [2.75, 3.05) is 0 Å². The Bertz CT molecular complexity index is 714. The normalized spacial score (nSPS) is 11.5. The number of hydrogen-bond donors (Lipinski definition) is 0. The summed E-state index contributed by atoms with van der Waals surface area (Å²) < 4.78 is 12.4. The summed E-state index contributed by atoms with van der Waals surface area (Å²) in [7, 11) is -1.38. The summed E-state index contributed by atoms with van der Waals surface area (Å²) in [4.78, 5) is 0. The molecule has 3 aromatic carbocycles. The van der Waals surface area contributed by atoms with E-state index in [-0.39, 0.29) is 0 Å². The van der Waals surface area contributed by atoms with Crippen molar-refractivity contribution in [1.82, 2.24) is 0 Å². The van der Waals surface area contributed by atoms with E-state index in [4.69, 9.17) is 0 Å². The molecule has 0 heterocycles. The van der Waals surface area contributed by atoms with Crippen LogP contribution in [0.5, 0.6) is 0 Å². The Morgan fingerprint density at radius 1 is 0.737 bits per heavy atom. The van der Waals surface area contributed by atoms with Crippen LogP contribution in [0.1, 0.15) is 5.56 Å². The summed E-state index contributed by atoms with van der Waals surface area (Å²) in [6.07, 6.45) is 0.598. The van der Waals surface area contributed by atoms with Gasteiger partial charge in [0.2, 0.25) is 0 Å². The highest BCUT2D eigenvalue weighted by Gasteiger charge is 2.20. The van der Waals surface area contributed by atoms with Crippen molar-refractivity contribution in [3.63, 3.8) is 0 Å². The molecule has 0 radical (unpaired) electrons. The van der Waals surface area contributed by atoms with Crippen molar-refractivity contribution in [3.05, 3.63) is 78.4 Å². The lowest BCUT2D eigenvalue weighted by Crippen LogP contribution is -1.96. The van der Waals surface area contributed by atoms with Crippen LogP contribution in [0, 0.1) is 0 Å². The number of hydrogen-bond acceptors (Lipinski definition) is 1. The first-order valence-electron chi connectivity index (χ1n) is 6.31. The van der Waals surface area contributed by atoms with E-state index >= 15 is 0 Å². The van der Waals surface area contributed by atoms with Gasteiger partial charge in [0.25, 0.3) is 0 Å². The van der Waals surface area contributed by atoms with Crippen LogP contribution >= 0.6 is 7.80 Å². The van der Waals surface area contributed by atoms with Crippen LogP contribution in [0.2, 0.25) is 0 Å². The molecule has 0 bridgehead atoms. The first kappa shape index (κ1) is 12.1. The van der Waals surface area contributed by atoms with Crippen molar-refractivity contribution in [2.24, 2.45) is 0 Å². The van der Waals surface area contributed by atoms with Gasteiger partial charge in [-0.25, -0.2) is 0 Å². The minimum Gasteiger partial charge on any atom is -0.0677 e. The molecule has 0 spiro atoms. The molecule has 0 saturated heterocycles. The Balaban J connectivity index is 1.96. The Kier molecular flexibility index (Phi) is 3.39. The molecule has 1 unspecified atom stereocenters. The molecule has 0 aliphatic heterocycles. The Hall–Kier alpha value is -1.98. The maximum absolute atomic E-state index is 12.4. The van der Waals surface area contributed by atoms with Gasteiger partial charge in [-0.2, -0.15) is 0 Å². The van der Waals surface area contributed by atoms with Crippen LogP contribution < -0.4 is 5.30 Å². The summed E-state index contributed by atoms with van der Waals surface area (Å²) in [5.74, 6) is 0. The first-order chi connectivity index (χ1) is 9.34. The molecule has 0 fully saturated rings. The molecule has 0 aliphatic carbocycles. The van der Waals surface area contributed by atoms with Crippen LogP contribution in [0.15, 0.2) is 72.8 Å². The smallest absolute Gasteiger partial charge is 0.0677 e. The highest BCUT2D eigenvalue weighted by molar-refractivity contribution is 7.52. The Morgan fingerprint density at radius 2 is 1.42 bits per heavy atom. The lowest BCUT2D eigenvalue weighted by molar-refractivity contribution is 0.593. The summed E-state index contributed by atoms with van der Waals surface area (Å²) in [5.41, 5.74) is 1.16. The number of benzene rings is 3. The zero-order valence-corrected chi connectivity index (χ0v) is 11.4. The van der Waals surface area contributed by atoms with Crippen LogP contribution in [-0.2, 0) is 10.7 Å². The van der Waals surface area contributed by atoms with E-state index in [1.807, 2.05) is 48.5 Å². The van der Waals surface area contributed by atoms with E-state index in [2.05, 4.69) is 24.3 Å². The van der Waals surface area contributed by atoms with E-state index in [1.165, 1.54) is 10.8 Å². The van der Waals surface area contributed by atoms with E-state index in [0.717, 1.165) is 10.9 Å². The molecule has 2 heteroatoms. The molecular weight excluding hydrogens is 251 g/mol. The van der Waals surface area contributed by atoms with Gasteiger partial charge in [0.15, 0.2) is 11.5 Å². The maximum atomic E-state index is 12.4. The summed E-state index contributed by atoms with van der Waals surface area (Å²) in [5, 5.41) is 3.33. The molecule has 0 saturated carbocycles. The van der Waals surface area contributed by atoms with E-state index in [1.54, 1.807) is 0 Å². The fraction of sp³-hybridized carbons (Fsp3) is 0.0588. The Labute approximate surface area is 113 Å². The van der Waals surface area contributed by atoms with Crippen LogP contribution in [0.3, 0.4) is 0 Å². The van der Waals surface area contributed by atoms with Crippen molar-refractivity contribution in [1.29, 1.82) is 0 Å². The average Bonchev–Trinajstić information content (AvgIpc) is 2.48. The largest absolute Gasteiger partial charge is 0.381 e. The molecule has 0 amide bonds. The standard InChI is InChI=1S/C17H14OP/c18-19(16-10-2-1-3-11-16)13-15-9-6-8-14-7-4-5-12-17(14)15/h1-12H,13H2/q+1. The van der Waals surface area contributed by atoms with Crippen LogP contribution in [-0.4, -0.2) is 0 Å². The fourth-order valence-corrected chi connectivity index (χ4v) is 3.54. The summed E-state index contributed by atoms with van der Waals surface area (Å²) in [6.45, 7) is 0. The van der Waals surface area contributed by atoms with E-state index in [0.29, 0.717) is 6.16 Å². The number of rotatable bonds is 3. The molecular formula is C17H14OP+. The predicted octanol–water partition coefficient (Wildman–Crippen LogP) is 4.49. The number of fused-ring (bicyclic) bond motifs is 1. The van der Waals surface area contributed by atoms with Crippen LogP contribution in [0.4, 0.5) is 0 Å². The second kappa shape index (κ2) is 5.34. The quantitative estimate of drug-likeness (QED) is 0.637. The van der Waals surface area contributed by atoms with Gasteiger partial charge in [-0.1, -0.05) is 65.2 Å². The Morgan fingerprint density at radius 3 is 2.26 bits per heavy atom. The molecule has 1 atom stereocenters. The van der Waals surface area contributed by atoms with Gasteiger partial charge in [-0.15, -0.1) is 0 Å². The monoisotopic (exact) mass is 265 g/mol. The van der Waals surface area contributed by atoms with Gasteiger partial charge < -0.3 is 0 Å². The lowest BCUT2D eigenvalue weighted by Gasteiger charge is -2.01. The molecule has 0 aliphatic rings. The van der Waals surface area contributed by atoms with Gasteiger partial charge in [-0.05, 0) is 22.9 Å². The van der Waals surface area contributed by atoms with Gasteiger partial charge in [0.05, 0.1) is 0 Å². The van der Waals surface area contributed by atoms with Crippen molar-refractivity contribution < 1.29 is 4.57 Å². The molecule has 0 N–H and O–H groups in total. The van der Waals surface area contributed by atoms with E-state index < -0.39 is 7.80 Å². The average molecular weight is 265 g/mol. The van der Waals surface area contributed by atoms with Gasteiger partial charge in [0.1, 0.15) is 0 Å². The second-order valence-electron chi connectivity index (χ2n) is 4.51. The van der Waals surface area contributed by atoms with Gasteiger partial charge in [0, 0.05) is 5.56 Å². The van der Waals surface area contributed by atoms with Crippen LogP contribution in [0.25, 0.3) is 10.8 Å². The molecule has 3 aromatic rings. The fourth-order valence-electron chi connectivity index (χ4n) is 2.27. The molecule has 19 heavy (non-hydrogen) atoms. The molecule has 1 nitrogen and oxygen atoms in total. The van der Waals surface area contributed by atoms with Gasteiger partial charge >= 0.3 is 7.80 Å². The SMILES string of the molecule is O=[P+](Cc1cccc2ccccc12)c1ccccc1. The minimum absolute atomic E-state index is 0.598. The second-order valence-corrected chi connectivity index (χ2v) is 6.10. The van der Waals surface area contributed by atoms with Crippen molar-refractivity contribution in [2.45, 2.75) is 6.16 Å². The highest BCUT2D eigenvalue weighted by Crippen LogP contribution is 2.30. The zero-order chi connectivity index (χ0) is 13.1. The third-order valence-corrected chi connectivity index (χ3v) is 4.74. The molecule has 92 valence electrons. The third kappa shape index (κ3) is 2.57. The van der Waals surface area contributed by atoms with Crippen molar-refractivity contribution in [3.8, 4) is 0 Å². The third-order valence-electron chi connectivity index (χ3n) is 3.24. The van der Waals surface area contributed by atoms with Crippen molar-refractivity contribution >= 4 is 23.9 Å². The van der Waals surface area contributed by atoms with Gasteiger partial charge in [-0.3, -0.25) is 0 Å². The molecule has 3 rings (SSSR count). The first-order valence-corrected chi connectivity index (χ1v) is 7.75. The lowest BCUT2D eigenvalue weighted by atomic mass is 10.1. The predicted molar refractivity (Wildman–Crippen MR) is 81.3 cm³/mol. The topological polar surface area (TPSA) is 17.1 Å². The molecule has 0 aromatic heterocycles.